The summed E-state index contributed by atoms with van der Waals surface area (Å²) < 4.78 is 14.8. The molecule has 1 aromatic heterocycles. The van der Waals surface area contributed by atoms with Crippen LogP contribution in [0.1, 0.15) is 10.5 Å². The zero-order chi connectivity index (χ0) is 14.9. The summed E-state index contributed by atoms with van der Waals surface area (Å²) in [5, 5.41) is 13.2. The normalized spacial score (nSPS) is 10.3. The molecule has 0 aliphatic rings. The molecule has 2 rings (SSSR count). The lowest BCUT2D eigenvalue weighted by Gasteiger charge is -2.06. The third-order valence-corrected chi connectivity index (χ3v) is 2.85. The summed E-state index contributed by atoms with van der Waals surface area (Å²) in [5.41, 5.74) is -0.219. The quantitative estimate of drug-likeness (QED) is 0.699. The van der Waals surface area contributed by atoms with E-state index < -0.39 is 16.6 Å². The SMILES string of the molecule is Cn1cc([N+](=O)[O-])cc1C(=O)Nc1ccc(Cl)cc1F. The molecule has 2 aromatic rings. The second-order valence-corrected chi connectivity index (χ2v) is 4.47. The Kier molecular flexibility index (Phi) is 3.71. The Balaban J connectivity index is 2.26. The van der Waals surface area contributed by atoms with Gasteiger partial charge in [0, 0.05) is 18.1 Å². The van der Waals surface area contributed by atoms with Crippen molar-refractivity contribution < 1.29 is 14.1 Å². The Morgan fingerprint density at radius 3 is 2.70 bits per heavy atom. The van der Waals surface area contributed by atoms with E-state index in [-0.39, 0.29) is 22.1 Å². The summed E-state index contributed by atoms with van der Waals surface area (Å²) in [5.74, 6) is -1.34. The minimum absolute atomic E-state index is 0.0473. The summed E-state index contributed by atoms with van der Waals surface area (Å²) >= 11 is 5.60. The van der Waals surface area contributed by atoms with Crippen LogP contribution in [-0.4, -0.2) is 15.4 Å². The van der Waals surface area contributed by atoms with Gasteiger partial charge in [-0.25, -0.2) is 4.39 Å². The lowest BCUT2D eigenvalue weighted by molar-refractivity contribution is -0.384. The lowest BCUT2D eigenvalue weighted by atomic mass is 10.3. The van der Waals surface area contributed by atoms with Gasteiger partial charge in [-0.15, -0.1) is 0 Å². The molecule has 1 amide bonds. The Bertz CT molecular complexity index is 699. The highest BCUT2D eigenvalue weighted by Crippen LogP contribution is 2.21. The molecule has 0 saturated heterocycles. The zero-order valence-electron chi connectivity index (χ0n) is 10.3. The van der Waals surface area contributed by atoms with Crippen molar-refractivity contribution in [3.05, 3.63) is 57.1 Å². The molecule has 0 fully saturated rings. The van der Waals surface area contributed by atoms with Gasteiger partial charge in [-0.2, -0.15) is 0 Å². The molecule has 0 radical (unpaired) electrons. The van der Waals surface area contributed by atoms with Crippen LogP contribution in [0.15, 0.2) is 30.5 Å². The Hall–Kier alpha value is -2.41. The first-order valence-corrected chi connectivity index (χ1v) is 5.83. The predicted octanol–water partition coefficient (Wildman–Crippen LogP) is 2.98. The Labute approximate surface area is 117 Å². The molecule has 0 unspecified atom stereocenters. The van der Waals surface area contributed by atoms with E-state index in [2.05, 4.69) is 5.32 Å². The van der Waals surface area contributed by atoms with Crippen molar-refractivity contribution in [3.63, 3.8) is 0 Å². The van der Waals surface area contributed by atoms with Crippen LogP contribution in [-0.2, 0) is 7.05 Å². The predicted molar refractivity (Wildman–Crippen MR) is 71.4 cm³/mol. The molecule has 104 valence electrons. The first-order valence-electron chi connectivity index (χ1n) is 5.45. The molecule has 0 saturated carbocycles. The van der Waals surface area contributed by atoms with Crippen LogP contribution < -0.4 is 5.32 Å². The van der Waals surface area contributed by atoms with Crippen LogP contribution in [0.3, 0.4) is 0 Å². The molecule has 20 heavy (non-hydrogen) atoms. The van der Waals surface area contributed by atoms with Crippen molar-refractivity contribution in [1.82, 2.24) is 4.57 Å². The van der Waals surface area contributed by atoms with Gasteiger partial charge in [-0.1, -0.05) is 11.6 Å². The molecule has 0 bridgehead atoms. The summed E-state index contributed by atoms with van der Waals surface area (Å²) in [6.07, 6.45) is 1.20. The first kappa shape index (κ1) is 14.0. The van der Waals surface area contributed by atoms with Crippen molar-refractivity contribution in [1.29, 1.82) is 0 Å². The van der Waals surface area contributed by atoms with Crippen LogP contribution >= 0.6 is 11.6 Å². The number of nitrogens with one attached hydrogen (secondary N) is 1. The Morgan fingerprint density at radius 2 is 2.15 bits per heavy atom. The number of aryl methyl sites for hydroxylation is 1. The van der Waals surface area contributed by atoms with Crippen molar-refractivity contribution in [2.75, 3.05) is 5.32 Å². The van der Waals surface area contributed by atoms with Gasteiger partial charge in [0.1, 0.15) is 11.5 Å². The number of nitrogens with zero attached hydrogens (tertiary/aromatic N) is 2. The van der Waals surface area contributed by atoms with Gasteiger partial charge >= 0.3 is 0 Å². The summed E-state index contributed by atoms with van der Waals surface area (Å²) in [7, 11) is 1.49. The molecular formula is C12H9ClFN3O3. The number of carbonyl (C=O) groups excluding carboxylic acids is 1. The number of aromatic nitrogens is 1. The average Bonchev–Trinajstić information content (AvgIpc) is 2.75. The number of hydrogen-bond donors (Lipinski definition) is 1. The number of carbonyl (C=O) groups is 1. The smallest absolute Gasteiger partial charge is 0.287 e. The summed E-state index contributed by atoms with van der Waals surface area (Å²) in [6, 6.07) is 4.91. The average molecular weight is 298 g/mol. The van der Waals surface area contributed by atoms with E-state index >= 15 is 0 Å². The van der Waals surface area contributed by atoms with Gasteiger partial charge in [-0.05, 0) is 18.2 Å². The van der Waals surface area contributed by atoms with Gasteiger partial charge in [0.25, 0.3) is 11.6 Å². The maximum absolute atomic E-state index is 13.5. The molecule has 6 nitrogen and oxygen atoms in total. The molecule has 0 aliphatic carbocycles. The number of anilines is 1. The second kappa shape index (κ2) is 5.30. The molecule has 8 heteroatoms. The minimum atomic E-state index is -0.686. The van der Waals surface area contributed by atoms with Crippen molar-refractivity contribution in [3.8, 4) is 0 Å². The van der Waals surface area contributed by atoms with Gasteiger partial charge in [0.05, 0.1) is 16.8 Å². The van der Waals surface area contributed by atoms with Crippen LogP contribution in [0, 0.1) is 15.9 Å². The maximum Gasteiger partial charge on any atom is 0.287 e. The third-order valence-electron chi connectivity index (χ3n) is 2.61. The molecule has 0 atom stereocenters. The van der Waals surface area contributed by atoms with E-state index in [1.165, 1.54) is 29.9 Å². The van der Waals surface area contributed by atoms with Crippen molar-refractivity contribution in [2.24, 2.45) is 7.05 Å². The number of nitro groups is 1. The van der Waals surface area contributed by atoms with E-state index in [1.807, 2.05) is 0 Å². The van der Waals surface area contributed by atoms with E-state index in [0.29, 0.717) is 0 Å². The van der Waals surface area contributed by atoms with Crippen LogP contribution in [0.4, 0.5) is 15.8 Å². The standard InChI is InChI=1S/C12H9ClFN3O3/c1-16-6-8(17(19)20)5-11(16)12(18)15-10-3-2-7(13)4-9(10)14/h2-6H,1H3,(H,15,18). The highest BCUT2D eigenvalue weighted by atomic mass is 35.5. The first-order chi connectivity index (χ1) is 9.38. The second-order valence-electron chi connectivity index (χ2n) is 4.03. The number of rotatable bonds is 3. The topological polar surface area (TPSA) is 77.2 Å². The summed E-state index contributed by atoms with van der Waals surface area (Å²) in [6.45, 7) is 0. The fourth-order valence-electron chi connectivity index (χ4n) is 1.65. The molecule has 1 aromatic carbocycles. The van der Waals surface area contributed by atoms with Crippen LogP contribution in [0.25, 0.3) is 0 Å². The van der Waals surface area contributed by atoms with Crippen molar-refractivity contribution in [2.45, 2.75) is 0 Å². The highest BCUT2D eigenvalue weighted by molar-refractivity contribution is 6.30. The number of benzene rings is 1. The van der Waals surface area contributed by atoms with Gasteiger partial charge < -0.3 is 9.88 Å². The number of halogens is 2. The fourth-order valence-corrected chi connectivity index (χ4v) is 1.81. The van der Waals surface area contributed by atoms with Crippen LogP contribution in [0.5, 0.6) is 0 Å². The van der Waals surface area contributed by atoms with Crippen molar-refractivity contribution >= 4 is 28.9 Å². The highest BCUT2D eigenvalue weighted by Gasteiger charge is 2.18. The molecular weight excluding hydrogens is 289 g/mol. The number of hydrogen-bond acceptors (Lipinski definition) is 3. The van der Waals surface area contributed by atoms with E-state index in [1.54, 1.807) is 0 Å². The lowest BCUT2D eigenvalue weighted by Crippen LogP contribution is -2.16. The minimum Gasteiger partial charge on any atom is -0.340 e. The molecule has 0 aliphatic heterocycles. The van der Waals surface area contributed by atoms with E-state index in [4.69, 9.17) is 11.6 Å². The monoisotopic (exact) mass is 297 g/mol. The van der Waals surface area contributed by atoms with E-state index in [0.717, 1.165) is 12.1 Å². The largest absolute Gasteiger partial charge is 0.340 e. The Morgan fingerprint density at radius 1 is 1.45 bits per heavy atom. The molecule has 0 spiro atoms. The zero-order valence-corrected chi connectivity index (χ0v) is 11.0. The molecule has 1 N–H and O–H groups in total. The third kappa shape index (κ3) is 2.77. The number of amides is 1. The van der Waals surface area contributed by atoms with Gasteiger partial charge in [0.2, 0.25) is 0 Å². The molecule has 1 heterocycles. The fraction of sp³-hybridized carbons (Fsp3) is 0.0833. The summed E-state index contributed by atoms with van der Waals surface area (Å²) in [4.78, 5) is 22.0. The van der Waals surface area contributed by atoms with E-state index in [9.17, 15) is 19.3 Å². The van der Waals surface area contributed by atoms with Gasteiger partial charge in [-0.3, -0.25) is 14.9 Å². The van der Waals surface area contributed by atoms with Gasteiger partial charge in [0.15, 0.2) is 0 Å². The van der Waals surface area contributed by atoms with Crippen LogP contribution in [0.2, 0.25) is 5.02 Å². The maximum atomic E-state index is 13.5.